The van der Waals surface area contributed by atoms with Crippen molar-refractivity contribution in [3.05, 3.63) is 79.9 Å². The quantitative estimate of drug-likeness (QED) is 0.493. The van der Waals surface area contributed by atoms with Crippen molar-refractivity contribution in [2.75, 3.05) is 18.1 Å². The van der Waals surface area contributed by atoms with Crippen LogP contribution in [0, 0.1) is 0 Å². The van der Waals surface area contributed by atoms with Gasteiger partial charge in [0.05, 0.1) is 55.9 Å². The summed E-state index contributed by atoms with van der Waals surface area (Å²) in [6.45, 7) is 3.37. The molecule has 2 aliphatic heterocycles. The van der Waals surface area contributed by atoms with Crippen LogP contribution in [0.4, 0.5) is 5.69 Å². The van der Waals surface area contributed by atoms with Crippen LogP contribution >= 0.6 is 23.2 Å². The minimum atomic E-state index is -4.18. The number of rotatable bonds is 4. The van der Waals surface area contributed by atoms with E-state index in [1.165, 1.54) is 11.0 Å². The molecule has 1 atom stereocenters. The van der Waals surface area contributed by atoms with Crippen LogP contribution in [-0.4, -0.2) is 33.9 Å². The third-order valence-corrected chi connectivity index (χ3v) is 8.41. The Kier molecular flexibility index (Phi) is 6.26. The van der Waals surface area contributed by atoms with E-state index in [4.69, 9.17) is 27.9 Å². The van der Waals surface area contributed by atoms with Gasteiger partial charge in [0.25, 0.3) is 0 Å². The summed E-state index contributed by atoms with van der Waals surface area (Å²) in [5.41, 5.74) is 1.38. The minimum absolute atomic E-state index is 0.0444. The molecule has 2 aromatic carbocycles. The standard InChI is InChI=1S/C23H20Cl2N2O5S/c1-3-32-23(29)19-13(2)26-16-11-27(12-28)17-9-4-5-10-18(17)33(30,31)22(16)20(19)14-7-6-8-15(24)21(14)25/h4-10,12,20,26H,3,11H2,1-2H3. The van der Waals surface area contributed by atoms with Crippen molar-refractivity contribution in [1.82, 2.24) is 5.32 Å². The van der Waals surface area contributed by atoms with Crippen molar-refractivity contribution in [2.24, 2.45) is 0 Å². The van der Waals surface area contributed by atoms with Gasteiger partial charge in [-0.15, -0.1) is 0 Å². The van der Waals surface area contributed by atoms with E-state index >= 15 is 0 Å². The fraction of sp³-hybridized carbons (Fsp3) is 0.217. The topological polar surface area (TPSA) is 92.8 Å². The molecule has 0 aromatic heterocycles. The first-order valence-electron chi connectivity index (χ1n) is 10.1. The number of esters is 1. The molecule has 1 unspecified atom stereocenters. The normalized spacial score (nSPS) is 19.3. The van der Waals surface area contributed by atoms with Crippen LogP contribution < -0.4 is 10.2 Å². The Morgan fingerprint density at radius 3 is 2.64 bits per heavy atom. The molecule has 2 heterocycles. The Morgan fingerprint density at radius 1 is 1.21 bits per heavy atom. The highest BCUT2D eigenvalue weighted by atomic mass is 35.5. The highest BCUT2D eigenvalue weighted by molar-refractivity contribution is 7.95. The molecule has 1 N–H and O–H groups in total. The minimum Gasteiger partial charge on any atom is -0.463 e. The molecule has 33 heavy (non-hydrogen) atoms. The van der Waals surface area contributed by atoms with E-state index in [1.54, 1.807) is 50.2 Å². The molecule has 7 nitrogen and oxygen atoms in total. The maximum Gasteiger partial charge on any atom is 0.336 e. The largest absolute Gasteiger partial charge is 0.463 e. The molecular weight excluding hydrogens is 487 g/mol. The highest BCUT2D eigenvalue weighted by Gasteiger charge is 2.45. The van der Waals surface area contributed by atoms with Crippen LogP contribution in [0.15, 0.2) is 69.2 Å². The van der Waals surface area contributed by atoms with Crippen LogP contribution in [-0.2, 0) is 24.2 Å². The second-order valence-electron chi connectivity index (χ2n) is 7.51. The van der Waals surface area contributed by atoms with E-state index in [1.807, 2.05) is 0 Å². The predicted octanol–water partition coefficient (Wildman–Crippen LogP) is 4.18. The molecule has 0 fully saturated rings. The molecule has 0 bridgehead atoms. The maximum atomic E-state index is 14.0. The van der Waals surface area contributed by atoms with Gasteiger partial charge in [-0.2, -0.15) is 0 Å². The Balaban J connectivity index is 2.07. The molecular formula is C23H20Cl2N2O5S. The van der Waals surface area contributed by atoms with E-state index in [2.05, 4.69) is 5.32 Å². The summed E-state index contributed by atoms with van der Waals surface area (Å²) in [7, 11) is -4.18. The smallest absolute Gasteiger partial charge is 0.336 e. The number of para-hydroxylation sites is 1. The van der Waals surface area contributed by atoms with Crippen molar-refractivity contribution in [3.8, 4) is 0 Å². The van der Waals surface area contributed by atoms with Crippen molar-refractivity contribution in [1.29, 1.82) is 0 Å². The van der Waals surface area contributed by atoms with Gasteiger partial charge in [-0.3, -0.25) is 4.79 Å². The number of allylic oxidation sites excluding steroid dienone is 2. The molecule has 172 valence electrons. The van der Waals surface area contributed by atoms with Crippen molar-refractivity contribution in [2.45, 2.75) is 24.7 Å². The van der Waals surface area contributed by atoms with Crippen LogP contribution in [0.5, 0.6) is 0 Å². The number of dihydropyridines is 1. The van der Waals surface area contributed by atoms with Crippen LogP contribution in [0.1, 0.15) is 25.3 Å². The lowest BCUT2D eigenvalue weighted by Crippen LogP contribution is -2.36. The van der Waals surface area contributed by atoms with Crippen molar-refractivity contribution < 1.29 is 22.7 Å². The van der Waals surface area contributed by atoms with Gasteiger partial charge < -0.3 is 15.0 Å². The Bertz CT molecular complexity index is 1330. The number of nitrogens with zero attached hydrogens (tertiary/aromatic N) is 1. The number of hydrogen-bond donors (Lipinski definition) is 1. The second kappa shape index (κ2) is 8.85. The first-order valence-corrected chi connectivity index (χ1v) is 12.3. The molecule has 0 aliphatic carbocycles. The lowest BCUT2D eigenvalue weighted by atomic mass is 9.86. The third kappa shape index (κ3) is 3.82. The third-order valence-electron chi connectivity index (χ3n) is 5.59. The highest BCUT2D eigenvalue weighted by Crippen LogP contribution is 2.48. The first kappa shape index (κ1) is 23.4. The fourth-order valence-corrected chi connectivity index (χ4v) is 6.59. The summed E-state index contributed by atoms with van der Waals surface area (Å²) in [5.74, 6) is -1.76. The Hall–Kier alpha value is -2.81. The molecule has 0 saturated carbocycles. The SMILES string of the molecule is CCOC(=O)C1=C(C)NC2=C(C1c1cccc(Cl)c1Cl)S(=O)(=O)c1ccccc1N(C=O)C2. The summed E-state index contributed by atoms with van der Waals surface area (Å²) >= 11 is 12.8. The monoisotopic (exact) mass is 506 g/mol. The number of carbonyl (C=O) groups excluding carboxylic acids is 2. The van der Waals surface area contributed by atoms with Gasteiger partial charge in [0.1, 0.15) is 0 Å². The summed E-state index contributed by atoms with van der Waals surface area (Å²) in [5, 5.41) is 3.39. The number of hydrogen-bond acceptors (Lipinski definition) is 6. The fourth-order valence-electron chi connectivity index (χ4n) is 4.22. The molecule has 4 rings (SSSR count). The zero-order chi connectivity index (χ0) is 23.9. The number of amides is 1. The number of nitrogens with one attached hydrogen (secondary N) is 1. The summed E-state index contributed by atoms with van der Waals surface area (Å²) in [6, 6.07) is 11.1. The summed E-state index contributed by atoms with van der Waals surface area (Å²) in [4.78, 5) is 26.1. The maximum absolute atomic E-state index is 14.0. The molecule has 2 aliphatic rings. The second-order valence-corrected chi connectivity index (χ2v) is 10.2. The molecule has 1 amide bonds. The van der Waals surface area contributed by atoms with E-state index in [0.29, 0.717) is 17.7 Å². The number of anilines is 1. The molecule has 0 radical (unpaired) electrons. The lowest BCUT2D eigenvalue weighted by molar-refractivity contribution is -0.138. The van der Waals surface area contributed by atoms with Crippen molar-refractivity contribution >= 4 is 51.1 Å². The lowest BCUT2D eigenvalue weighted by Gasteiger charge is -2.32. The van der Waals surface area contributed by atoms with E-state index in [0.717, 1.165) is 0 Å². The van der Waals surface area contributed by atoms with Crippen LogP contribution in [0.3, 0.4) is 0 Å². The zero-order valence-corrected chi connectivity index (χ0v) is 20.1. The average Bonchev–Trinajstić information content (AvgIpc) is 2.87. The predicted molar refractivity (Wildman–Crippen MR) is 126 cm³/mol. The Morgan fingerprint density at radius 2 is 1.94 bits per heavy atom. The van der Waals surface area contributed by atoms with Gasteiger partial charge in [-0.1, -0.05) is 47.5 Å². The van der Waals surface area contributed by atoms with E-state index in [9.17, 15) is 18.0 Å². The van der Waals surface area contributed by atoms with E-state index in [-0.39, 0.29) is 50.0 Å². The summed E-state index contributed by atoms with van der Waals surface area (Å²) in [6.07, 6.45) is 0.577. The molecule has 2 aromatic rings. The van der Waals surface area contributed by atoms with Gasteiger partial charge in [-0.05, 0) is 37.6 Å². The zero-order valence-electron chi connectivity index (χ0n) is 17.8. The van der Waals surface area contributed by atoms with Crippen LogP contribution in [0.25, 0.3) is 0 Å². The van der Waals surface area contributed by atoms with Gasteiger partial charge in [0.15, 0.2) is 0 Å². The molecule has 0 saturated heterocycles. The number of sulfone groups is 1. The molecule has 0 spiro atoms. The number of benzene rings is 2. The molecule has 10 heteroatoms. The first-order chi connectivity index (χ1) is 15.7. The van der Waals surface area contributed by atoms with Gasteiger partial charge in [0, 0.05) is 5.70 Å². The Labute approximate surface area is 201 Å². The van der Waals surface area contributed by atoms with Gasteiger partial charge >= 0.3 is 5.97 Å². The van der Waals surface area contributed by atoms with Crippen LogP contribution in [0.2, 0.25) is 10.0 Å². The van der Waals surface area contributed by atoms with E-state index < -0.39 is 21.7 Å². The van der Waals surface area contributed by atoms with Crippen molar-refractivity contribution in [3.63, 3.8) is 0 Å². The number of ether oxygens (including phenoxy) is 1. The van der Waals surface area contributed by atoms with Gasteiger partial charge in [0.2, 0.25) is 16.2 Å². The number of fused-ring (bicyclic) bond motifs is 1. The number of carbonyl (C=O) groups is 2. The summed E-state index contributed by atoms with van der Waals surface area (Å²) < 4.78 is 33.4. The average molecular weight is 507 g/mol. The van der Waals surface area contributed by atoms with Gasteiger partial charge in [-0.25, -0.2) is 13.2 Å². The number of halogens is 2.